The third kappa shape index (κ3) is 2.31. The molecular weight excluding hydrogens is 200 g/mol. The molecular formula is C13H16N2O. The van der Waals surface area contributed by atoms with E-state index in [-0.39, 0.29) is 12.1 Å². The standard InChI is InChI=1S/C13H16N2O/c1-9(14)10(2)16-12-6-5-11-4-3-7-15-13(11)8-12/h3-10H,14H2,1-2H3/t9-,10?/m0/s1. The van der Waals surface area contributed by atoms with Gasteiger partial charge in [-0.15, -0.1) is 0 Å². The molecule has 0 amide bonds. The Morgan fingerprint density at radius 3 is 2.81 bits per heavy atom. The Hall–Kier alpha value is -1.61. The Bertz CT molecular complexity index is 482. The van der Waals surface area contributed by atoms with Gasteiger partial charge in [0.2, 0.25) is 0 Å². The molecule has 0 bridgehead atoms. The largest absolute Gasteiger partial charge is 0.489 e. The van der Waals surface area contributed by atoms with Crippen LogP contribution in [0.1, 0.15) is 13.8 Å². The molecule has 0 radical (unpaired) electrons. The van der Waals surface area contributed by atoms with E-state index in [4.69, 9.17) is 10.5 Å². The van der Waals surface area contributed by atoms with Gasteiger partial charge in [-0.1, -0.05) is 6.07 Å². The lowest BCUT2D eigenvalue weighted by Gasteiger charge is -2.18. The van der Waals surface area contributed by atoms with E-state index in [1.807, 2.05) is 44.2 Å². The summed E-state index contributed by atoms with van der Waals surface area (Å²) in [5.41, 5.74) is 6.70. The highest BCUT2D eigenvalue weighted by Crippen LogP contribution is 2.20. The predicted molar refractivity (Wildman–Crippen MR) is 65.5 cm³/mol. The maximum absolute atomic E-state index is 5.76. The molecule has 2 atom stereocenters. The van der Waals surface area contributed by atoms with Crippen molar-refractivity contribution in [2.24, 2.45) is 5.73 Å². The highest BCUT2D eigenvalue weighted by molar-refractivity contribution is 5.79. The van der Waals surface area contributed by atoms with Gasteiger partial charge in [-0.05, 0) is 32.0 Å². The van der Waals surface area contributed by atoms with Crippen LogP contribution in [0.15, 0.2) is 36.5 Å². The number of benzene rings is 1. The van der Waals surface area contributed by atoms with Crippen LogP contribution < -0.4 is 10.5 Å². The number of aromatic nitrogens is 1. The second-order valence-corrected chi connectivity index (χ2v) is 4.04. The number of hydrogen-bond acceptors (Lipinski definition) is 3. The summed E-state index contributed by atoms with van der Waals surface area (Å²) in [7, 11) is 0. The van der Waals surface area contributed by atoms with Crippen molar-refractivity contribution in [1.82, 2.24) is 4.98 Å². The molecule has 2 aromatic rings. The Morgan fingerprint density at radius 2 is 2.06 bits per heavy atom. The monoisotopic (exact) mass is 216 g/mol. The molecule has 1 heterocycles. The molecule has 0 spiro atoms. The van der Waals surface area contributed by atoms with Crippen molar-refractivity contribution in [2.75, 3.05) is 0 Å². The second-order valence-electron chi connectivity index (χ2n) is 4.04. The first-order chi connectivity index (χ1) is 7.66. The topological polar surface area (TPSA) is 48.1 Å². The van der Waals surface area contributed by atoms with E-state index < -0.39 is 0 Å². The summed E-state index contributed by atoms with van der Waals surface area (Å²) in [6, 6.07) is 9.86. The molecule has 3 heteroatoms. The highest BCUT2D eigenvalue weighted by atomic mass is 16.5. The molecule has 0 aliphatic carbocycles. The van der Waals surface area contributed by atoms with Crippen LogP contribution >= 0.6 is 0 Å². The van der Waals surface area contributed by atoms with Gasteiger partial charge in [0.05, 0.1) is 5.52 Å². The molecule has 1 aromatic carbocycles. The number of nitrogens with two attached hydrogens (primary N) is 1. The summed E-state index contributed by atoms with van der Waals surface area (Å²) in [6.07, 6.45) is 1.78. The van der Waals surface area contributed by atoms with Gasteiger partial charge in [-0.25, -0.2) is 0 Å². The molecule has 0 aliphatic heterocycles. The van der Waals surface area contributed by atoms with Gasteiger partial charge in [0.15, 0.2) is 0 Å². The molecule has 2 rings (SSSR count). The summed E-state index contributed by atoms with van der Waals surface area (Å²) in [6.45, 7) is 3.90. The minimum absolute atomic E-state index is 0.00108. The van der Waals surface area contributed by atoms with Gasteiger partial charge in [0.1, 0.15) is 11.9 Å². The van der Waals surface area contributed by atoms with Crippen LogP contribution in [0.4, 0.5) is 0 Å². The van der Waals surface area contributed by atoms with Crippen LogP contribution in [-0.4, -0.2) is 17.1 Å². The van der Waals surface area contributed by atoms with E-state index in [1.54, 1.807) is 6.20 Å². The molecule has 3 nitrogen and oxygen atoms in total. The molecule has 16 heavy (non-hydrogen) atoms. The number of hydrogen-bond donors (Lipinski definition) is 1. The smallest absolute Gasteiger partial charge is 0.121 e. The van der Waals surface area contributed by atoms with Crippen LogP contribution in [0.2, 0.25) is 0 Å². The molecule has 0 aliphatic rings. The first-order valence-corrected chi connectivity index (χ1v) is 5.44. The number of fused-ring (bicyclic) bond motifs is 1. The zero-order valence-electron chi connectivity index (χ0n) is 9.55. The minimum atomic E-state index is 0.00108. The van der Waals surface area contributed by atoms with Crippen molar-refractivity contribution in [3.05, 3.63) is 36.5 Å². The molecule has 0 saturated heterocycles. The molecule has 1 aromatic heterocycles. The van der Waals surface area contributed by atoms with Crippen molar-refractivity contribution in [3.8, 4) is 5.75 Å². The molecule has 2 N–H and O–H groups in total. The quantitative estimate of drug-likeness (QED) is 0.856. The zero-order valence-corrected chi connectivity index (χ0v) is 9.55. The first-order valence-electron chi connectivity index (χ1n) is 5.44. The molecule has 0 saturated carbocycles. The summed E-state index contributed by atoms with van der Waals surface area (Å²) in [5, 5.41) is 1.11. The predicted octanol–water partition coefficient (Wildman–Crippen LogP) is 2.35. The summed E-state index contributed by atoms with van der Waals surface area (Å²) >= 11 is 0. The maximum atomic E-state index is 5.76. The fourth-order valence-electron chi connectivity index (χ4n) is 1.44. The fourth-order valence-corrected chi connectivity index (χ4v) is 1.44. The molecule has 1 unspecified atom stereocenters. The summed E-state index contributed by atoms with van der Waals surface area (Å²) < 4.78 is 5.72. The molecule has 0 fully saturated rings. The average Bonchev–Trinajstić information content (AvgIpc) is 2.28. The lowest BCUT2D eigenvalue weighted by molar-refractivity contribution is 0.197. The van der Waals surface area contributed by atoms with Crippen molar-refractivity contribution in [3.63, 3.8) is 0 Å². The second kappa shape index (κ2) is 4.49. The first kappa shape index (κ1) is 10.9. The van der Waals surface area contributed by atoms with Gasteiger partial charge in [0, 0.05) is 23.7 Å². The zero-order chi connectivity index (χ0) is 11.5. The van der Waals surface area contributed by atoms with Gasteiger partial charge in [-0.3, -0.25) is 4.98 Å². The van der Waals surface area contributed by atoms with Crippen molar-refractivity contribution >= 4 is 10.9 Å². The Labute approximate surface area is 95.2 Å². The van der Waals surface area contributed by atoms with E-state index in [0.717, 1.165) is 16.7 Å². The summed E-state index contributed by atoms with van der Waals surface area (Å²) in [5.74, 6) is 0.816. The maximum Gasteiger partial charge on any atom is 0.121 e. The summed E-state index contributed by atoms with van der Waals surface area (Å²) in [4.78, 5) is 4.28. The van der Waals surface area contributed by atoms with Crippen LogP contribution in [0.3, 0.4) is 0 Å². The van der Waals surface area contributed by atoms with Crippen LogP contribution in [0, 0.1) is 0 Å². The van der Waals surface area contributed by atoms with Crippen LogP contribution in [-0.2, 0) is 0 Å². The number of ether oxygens (including phenoxy) is 1. The fraction of sp³-hybridized carbons (Fsp3) is 0.308. The van der Waals surface area contributed by atoms with Crippen molar-refractivity contribution in [2.45, 2.75) is 26.0 Å². The van der Waals surface area contributed by atoms with E-state index in [1.165, 1.54) is 0 Å². The number of rotatable bonds is 3. The normalized spacial score (nSPS) is 14.7. The lowest BCUT2D eigenvalue weighted by Crippen LogP contribution is -2.33. The van der Waals surface area contributed by atoms with Gasteiger partial charge in [-0.2, -0.15) is 0 Å². The van der Waals surface area contributed by atoms with Crippen molar-refractivity contribution < 1.29 is 4.74 Å². The Kier molecular flexibility index (Phi) is 3.06. The van der Waals surface area contributed by atoms with Crippen LogP contribution in [0.5, 0.6) is 5.75 Å². The third-order valence-electron chi connectivity index (χ3n) is 2.64. The van der Waals surface area contributed by atoms with Crippen molar-refractivity contribution in [1.29, 1.82) is 0 Å². The minimum Gasteiger partial charge on any atom is -0.489 e. The Morgan fingerprint density at radius 1 is 1.25 bits per heavy atom. The average molecular weight is 216 g/mol. The van der Waals surface area contributed by atoms with Gasteiger partial charge in [0.25, 0.3) is 0 Å². The lowest BCUT2D eigenvalue weighted by atomic mass is 10.2. The Balaban J connectivity index is 2.26. The third-order valence-corrected chi connectivity index (χ3v) is 2.64. The SMILES string of the molecule is CC(Oc1ccc2cccnc2c1)[C@H](C)N. The van der Waals surface area contributed by atoms with Gasteiger partial charge >= 0.3 is 0 Å². The van der Waals surface area contributed by atoms with E-state index in [0.29, 0.717) is 0 Å². The van der Waals surface area contributed by atoms with E-state index >= 15 is 0 Å². The van der Waals surface area contributed by atoms with E-state index in [9.17, 15) is 0 Å². The van der Waals surface area contributed by atoms with Crippen LogP contribution in [0.25, 0.3) is 10.9 Å². The van der Waals surface area contributed by atoms with E-state index in [2.05, 4.69) is 4.98 Å². The number of pyridine rings is 1. The highest BCUT2D eigenvalue weighted by Gasteiger charge is 2.09. The van der Waals surface area contributed by atoms with Gasteiger partial charge < -0.3 is 10.5 Å². The number of nitrogens with zero attached hydrogens (tertiary/aromatic N) is 1. The molecule has 84 valence electrons.